The minimum Gasteiger partial charge on any atom is -0.378 e. The van der Waals surface area contributed by atoms with Crippen molar-refractivity contribution in [1.29, 1.82) is 0 Å². The molecule has 3 aliphatic heterocycles. The third-order valence-electron chi connectivity index (χ3n) is 4.78. The highest BCUT2D eigenvalue weighted by Crippen LogP contribution is 2.32. The summed E-state index contributed by atoms with van der Waals surface area (Å²) in [5, 5.41) is 0. The number of hydrogen-bond donors (Lipinski definition) is 0. The van der Waals surface area contributed by atoms with Gasteiger partial charge in [0, 0.05) is 45.2 Å². The van der Waals surface area contributed by atoms with Crippen molar-refractivity contribution in [3.63, 3.8) is 0 Å². The Morgan fingerprint density at radius 3 is 2.46 bits per heavy atom. The molecular formula is C16H22N4O4. The van der Waals surface area contributed by atoms with Gasteiger partial charge in [-0.2, -0.15) is 0 Å². The normalized spacial score (nSPS) is 23.7. The van der Waals surface area contributed by atoms with E-state index in [-0.39, 0.29) is 5.91 Å². The molecule has 3 saturated heterocycles. The standard InChI is InChI=1S/C16H22N4O4/c21-14(19-7-9-22-10-8-19)13-1-4-17-15(18-13)20-5-2-16(3-6-20)23-11-12-24-16/h1,4H,2-3,5-12H2. The van der Waals surface area contributed by atoms with Crippen LogP contribution in [0.5, 0.6) is 0 Å². The molecule has 1 amide bonds. The van der Waals surface area contributed by atoms with Crippen LogP contribution >= 0.6 is 0 Å². The highest BCUT2D eigenvalue weighted by atomic mass is 16.7. The molecule has 0 unspecified atom stereocenters. The number of nitrogens with zero attached hydrogens (tertiary/aromatic N) is 4. The second-order valence-corrected chi connectivity index (χ2v) is 6.24. The van der Waals surface area contributed by atoms with E-state index in [0.717, 1.165) is 25.9 Å². The number of rotatable bonds is 2. The van der Waals surface area contributed by atoms with E-state index in [1.54, 1.807) is 17.2 Å². The van der Waals surface area contributed by atoms with E-state index in [9.17, 15) is 4.79 Å². The number of hydrogen-bond acceptors (Lipinski definition) is 7. The zero-order valence-electron chi connectivity index (χ0n) is 13.6. The summed E-state index contributed by atoms with van der Waals surface area (Å²) in [7, 11) is 0. The zero-order chi connectivity index (χ0) is 16.4. The van der Waals surface area contributed by atoms with E-state index in [4.69, 9.17) is 14.2 Å². The predicted octanol–water partition coefficient (Wildman–Crippen LogP) is 0.292. The molecule has 0 atom stereocenters. The number of ether oxygens (including phenoxy) is 3. The minimum absolute atomic E-state index is 0.0575. The van der Waals surface area contributed by atoms with Crippen molar-refractivity contribution in [1.82, 2.24) is 14.9 Å². The Morgan fingerprint density at radius 2 is 1.75 bits per heavy atom. The lowest BCUT2D eigenvalue weighted by Gasteiger charge is -2.37. The average Bonchev–Trinajstić information content (AvgIpc) is 3.10. The summed E-state index contributed by atoms with van der Waals surface area (Å²) in [6, 6.07) is 1.68. The van der Waals surface area contributed by atoms with Crippen LogP contribution in [0.4, 0.5) is 5.95 Å². The first-order chi connectivity index (χ1) is 11.8. The first-order valence-electron chi connectivity index (χ1n) is 8.49. The van der Waals surface area contributed by atoms with Crippen molar-refractivity contribution in [2.45, 2.75) is 18.6 Å². The Balaban J connectivity index is 1.44. The van der Waals surface area contributed by atoms with E-state index in [1.807, 2.05) is 0 Å². The molecule has 4 heterocycles. The van der Waals surface area contributed by atoms with Crippen LogP contribution in [0.25, 0.3) is 0 Å². The van der Waals surface area contributed by atoms with Crippen LogP contribution in [0.15, 0.2) is 12.3 Å². The van der Waals surface area contributed by atoms with Crippen molar-refractivity contribution >= 4 is 11.9 Å². The molecule has 24 heavy (non-hydrogen) atoms. The molecular weight excluding hydrogens is 312 g/mol. The van der Waals surface area contributed by atoms with Gasteiger partial charge >= 0.3 is 0 Å². The summed E-state index contributed by atoms with van der Waals surface area (Å²) in [6.45, 7) is 5.23. The zero-order valence-corrected chi connectivity index (χ0v) is 13.6. The fourth-order valence-corrected chi connectivity index (χ4v) is 3.38. The Morgan fingerprint density at radius 1 is 1.04 bits per heavy atom. The molecule has 8 heteroatoms. The topological polar surface area (TPSA) is 77.0 Å². The fraction of sp³-hybridized carbons (Fsp3) is 0.688. The molecule has 3 aliphatic rings. The first kappa shape index (κ1) is 15.7. The quantitative estimate of drug-likeness (QED) is 0.769. The van der Waals surface area contributed by atoms with Gasteiger partial charge in [0.25, 0.3) is 5.91 Å². The van der Waals surface area contributed by atoms with Crippen molar-refractivity contribution in [3.05, 3.63) is 18.0 Å². The molecule has 1 aromatic rings. The maximum absolute atomic E-state index is 12.6. The summed E-state index contributed by atoms with van der Waals surface area (Å²) < 4.78 is 16.8. The Labute approximate surface area is 140 Å². The van der Waals surface area contributed by atoms with E-state index in [0.29, 0.717) is 51.2 Å². The van der Waals surface area contributed by atoms with Gasteiger partial charge in [0.2, 0.25) is 5.95 Å². The molecule has 1 spiro atoms. The number of piperidine rings is 1. The van der Waals surface area contributed by atoms with Crippen LogP contribution < -0.4 is 4.90 Å². The number of amides is 1. The molecule has 3 fully saturated rings. The van der Waals surface area contributed by atoms with E-state index in [1.165, 1.54) is 0 Å². The van der Waals surface area contributed by atoms with Crippen LogP contribution in [0.3, 0.4) is 0 Å². The SMILES string of the molecule is O=C(c1ccnc(N2CCC3(CC2)OCCO3)n1)N1CCOCC1. The number of anilines is 1. The second-order valence-electron chi connectivity index (χ2n) is 6.24. The van der Waals surface area contributed by atoms with Crippen LogP contribution in [-0.2, 0) is 14.2 Å². The van der Waals surface area contributed by atoms with Gasteiger partial charge in [-0.25, -0.2) is 9.97 Å². The van der Waals surface area contributed by atoms with Gasteiger partial charge in [0.05, 0.1) is 26.4 Å². The summed E-state index contributed by atoms with van der Waals surface area (Å²) >= 11 is 0. The highest BCUT2D eigenvalue weighted by molar-refractivity contribution is 5.92. The van der Waals surface area contributed by atoms with Crippen LogP contribution in [0.2, 0.25) is 0 Å². The van der Waals surface area contributed by atoms with Crippen molar-refractivity contribution < 1.29 is 19.0 Å². The maximum Gasteiger partial charge on any atom is 0.272 e. The number of carbonyl (C=O) groups excluding carboxylic acids is 1. The molecule has 0 saturated carbocycles. The number of aromatic nitrogens is 2. The lowest BCUT2D eigenvalue weighted by molar-refractivity contribution is -0.169. The Bertz CT molecular complexity index is 589. The summed E-state index contributed by atoms with van der Waals surface area (Å²) in [6.07, 6.45) is 3.24. The van der Waals surface area contributed by atoms with Gasteiger partial charge < -0.3 is 24.0 Å². The predicted molar refractivity (Wildman–Crippen MR) is 84.8 cm³/mol. The third kappa shape index (κ3) is 3.09. The van der Waals surface area contributed by atoms with Crippen molar-refractivity contribution in [2.24, 2.45) is 0 Å². The lowest BCUT2D eigenvalue weighted by Crippen LogP contribution is -2.46. The summed E-state index contributed by atoms with van der Waals surface area (Å²) in [4.78, 5) is 25.3. The molecule has 0 N–H and O–H groups in total. The van der Waals surface area contributed by atoms with E-state index >= 15 is 0 Å². The monoisotopic (exact) mass is 334 g/mol. The molecule has 8 nitrogen and oxygen atoms in total. The first-order valence-corrected chi connectivity index (χ1v) is 8.49. The average molecular weight is 334 g/mol. The molecule has 0 radical (unpaired) electrons. The minimum atomic E-state index is -0.419. The molecule has 0 bridgehead atoms. The number of carbonyl (C=O) groups is 1. The second kappa shape index (κ2) is 6.62. The van der Waals surface area contributed by atoms with E-state index in [2.05, 4.69) is 14.9 Å². The smallest absolute Gasteiger partial charge is 0.272 e. The van der Waals surface area contributed by atoms with E-state index < -0.39 is 5.79 Å². The largest absolute Gasteiger partial charge is 0.378 e. The van der Waals surface area contributed by atoms with Crippen molar-refractivity contribution in [3.8, 4) is 0 Å². The van der Waals surface area contributed by atoms with Gasteiger partial charge in [-0.05, 0) is 6.07 Å². The molecule has 1 aromatic heterocycles. The fourth-order valence-electron chi connectivity index (χ4n) is 3.38. The Kier molecular flexibility index (Phi) is 4.34. The van der Waals surface area contributed by atoms with Crippen LogP contribution in [-0.4, -0.2) is 79.2 Å². The Hall–Kier alpha value is -1.77. The number of morpholine rings is 1. The maximum atomic E-state index is 12.6. The lowest BCUT2D eigenvalue weighted by atomic mass is 10.0. The molecule has 0 aliphatic carbocycles. The van der Waals surface area contributed by atoms with Gasteiger partial charge in [0.1, 0.15) is 5.69 Å². The third-order valence-corrected chi connectivity index (χ3v) is 4.78. The van der Waals surface area contributed by atoms with Gasteiger partial charge in [-0.3, -0.25) is 4.79 Å². The summed E-state index contributed by atoms with van der Waals surface area (Å²) in [5.41, 5.74) is 0.440. The molecule has 0 aromatic carbocycles. The van der Waals surface area contributed by atoms with Crippen molar-refractivity contribution in [2.75, 3.05) is 57.5 Å². The van der Waals surface area contributed by atoms with Crippen LogP contribution in [0.1, 0.15) is 23.3 Å². The highest BCUT2D eigenvalue weighted by Gasteiger charge is 2.40. The molecule has 4 rings (SSSR count). The van der Waals surface area contributed by atoms with Gasteiger partial charge in [-0.15, -0.1) is 0 Å². The van der Waals surface area contributed by atoms with Crippen LogP contribution in [0, 0.1) is 0 Å². The van der Waals surface area contributed by atoms with Gasteiger partial charge in [0.15, 0.2) is 5.79 Å². The molecule has 130 valence electrons. The van der Waals surface area contributed by atoms with Gasteiger partial charge in [-0.1, -0.05) is 0 Å². The summed E-state index contributed by atoms with van der Waals surface area (Å²) in [5.74, 6) is 0.123.